The zero-order chi connectivity index (χ0) is 12.5. The van der Waals surface area contributed by atoms with Gasteiger partial charge in [-0.15, -0.1) is 0 Å². The Bertz CT molecular complexity index is 357. The Kier molecular flexibility index (Phi) is 5.63. The minimum Gasteiger partial charge on any atom is -0.448 e. The van der Waals surface area contributed by atoms with E-state index in [1.807, 2.05) is 18.2 Å². The first kappa shape index (κ1) is 13.1. The average molecular weight is 238 g/mol. The third kappa shape index (κ3) is 5.60. The minimum absolute atomic E-state index is 0.226. The molecule has 6 heteroatoms. The molecule has 0 aliphatic carbocycles. The van der Waals surface area contributed by atoms with E-state index in [-0.39, 0.29) is 6.61 Å². The number of anilines is 2. The quantitative estimate of drug-likeness (QED) is 0.625. The van der Waals surface area contributed by atoms with Gasteiger partial charge in [-0.25, -0.2) is 9.78 Å². The van der Waals surface area contributed by atoms with E-state index in [2.05, 4.69) is 27.3 Å². The molecule has 1 heterocycles. The number of carbonyl (C=O) groups is 1. The first-order chi connectivity index (χ1) is 8.22. The minimum atomic E-state index is -0.766. The van der Waals surface area contributed by atoms with Crippen LogP contribution in [0, 0.1) is 0 Å². The molecule has 0 aromatic carbocycles. The van der Waals surface area contributed by atoms with Crippen LogP contribution in [0.15, 0.2) is 18.2 Å². The van der Waals surface area contributed by atoms with E-state index in [0.717, 1.165) is 24.6 Å². The van der Waals surface area contributed by atoms with Crippen LogP contribution in [0.25, 0.3) is 0 Å². The molecule has 0 atom stereocenters. The van der Waals surface area contributed by atoms with E-state index in [1.54, 1.807) is 0 Å². The summed E-state index contributed by atoms with van der Waals surface area (Å²) < 4.78 is 4.59. The van der Waals surface area contributed by atoms with Gasteiger partial charge in [-0.1, -0.05) is 13.0 Å². The van der Waals surface area contributed by atoms with Crippen molar-refractivity contribution in [3.8, 4) is 0 Å². The average Bonchev–Trinajstić information content (AvgIpc) is 2.32. The van der Waals surface area contributed by atoms with Gasteiger partial charge in [0.1, 0.15) is 18.2 Å². The SMILES string of the molecule is CCCNc1cccc(NCCOC(N)=O)n1. The molecule has 1 aromatic heterocycles. The van der Waals surface area contributed by atoms with E-state index in [1.165, 1.54) is 0 Å². The number of ether oxygens (including phenoxy) is 1. The fourth-order valence-electron chi connectivity index (χ4n) is 1.22. The number of carbonyl (C=O) groups excluding carboxylic acids is 1. The van der Waals surface area contributed by atoms with Crippen molar-refractivity contribution in [3.05, 3.63) is 18.2 Å². The van der Waals surface area contributed by atoms with Crippen LogP contribution in [0.3, 0.4) is 0 Å². The molecular weight excluding hydrogens is 220 g/mol. The van der Waals surface area contributed by atoms with Gasteiger partial charge in [-0.2, -0.15) is 0 Å². The molecule has 17 heavy (non-hydrogen) atoms. The number of aromatic nitrogens is 1. The first-order valence-corrected chi connectivity index (χ1v) is 5.59. The number of nitrogens with two attached hydrogens (primary N) is 1. The summed E-state index contributed by atoms with van der Waals surface area (Å²) in [6.07, 6.45) is 0.282. The van der Waals surface area contributed by atoms with Crippen molar-refractivity contribution >= 4 is 17.7 Å². The number of nitrogens with one attached hydrogen (secondary N) is 2. The third-order valence-electron chi connectivity index (χ3n) is 1.96. The van der Waals surface area contributed by atoms with Gasteiger partial charge < -0.3 is 21.1 Å². The van der Waals surface area contributed by atoms with Crippen molar-refractivity contribution in [2.24, 2.45) is 5.73 Å². The van der Waals surface area contributed by atoms with E-state index in [0.29, 0.717) is 6.54 Å². The largest absolute Gasteiger partial charge is 0.448 e. The second kappa shape index (κ2) is 7.32. The Morgan fingerprint density at radius 2 is 2.00 bits per heavy atom. The number of pyridine rings is 1. The molecular formula is C11H18N4O2. The Balaban J connectivity index is 2.34. The van der Waals surface area contributed by atoms with Gasteiger partial charge in [0.25, 0.3) is 0 Å². The van der Waals surface area contributed by atoms with Crippen LogP contribution >= 0.6 is 0 Å². The van der Waals surface area contributed by atoms with Gasteiger partial charge in [0.05, 0.1) is 6.54 Å². The lowest BCUT2D eigenvalue weighted by molar-refractivity contribution is 0.161. The van der Waals surface area contributed by atoms with E-state index in [4.69, 9.17) is 5.73 Å². The van der Waals surface area contributed by atoms with Crippen molar-refractivity contribution in [3.63, 3.8) is 0 Å². The molecule has 1 amide bonds. The molecule has 1 rings (SSSR count). The molecule has 0 saturated carbocycles. The Hall–Kier alpha value is -1.98. The van der Waals surface area contributed by atoms with Crippen LogP contribution in [0.2, 0.25) is 0 Å². The molecule has 6 nitrogen and oxygen atoms in total. The normalized spacial score (nSPS) is 9.71. The zero-order valence-electron chi connectivity index (χ0n) is 9.90. The van der Waals surface area contributed by atoms with E-state index < -0.39 is 6.09 Å². The van der Waals surface area contributed by atoms with Crippen molar-refractivity contribution < 1.29 is 9.53 Å². The fraction of sp³-hybridized carbons (Fsp3) is 0.455. The molecule has 0 aliphatic rings. The highest BCUT2D eigenvalue weighted by molar-refractivity contribution is 5.64. The number of amides is 1. The maximum Gasteiger partial charge on any atom is 0.404 e. The molecule has 0 radical (unpaired) electrons. The predicted octanol–water partition coefficient (Wildman–Crippen LogP) is 1.41. The van der Waals surface area contributed by atoms with Gasteiger partial charge in [-0.3, -0.25) is 0 Å². The van der Waals surface area contributed by atoms with Crippen molar-refractivity contribution in [2.45, 2.75) is 13.3 Å². The summed E-state index contributed by atoms with van der Waals surface area (Å²) in [5.41, 5.74) is 4.84. The number of primary amides is 1. The van der Waals surface area contributed by atoms with Gasteiger partial charge in [-0.05, 0) is 18.6 Å². The first-order valence-electron chi connectivity index (χ1n) is 5.59. The van der Waals surface area contributed by atoms with Crippen LogP contribution in [0.4, 0.5) is 16.4 Å². The molecule has 0 fully saturated rings. The summed E-state index contributed by atoms with van der Waals surface area (Å²) in [6, 6.07) is 5.66. The van der Waals surface area contributed by atoms with Crippen LogP contribution < -0.4 is 16.4 Å². The maximum atomic E-state index is 10.3. The molecule has 1 aromatic rings. The van der Waals surface area contributed by atoms with E-state index >= 15 is 0 Å². The second-order valence-corrected chi connectivity index (χ2v) is 3.43. The highest BCUT2D eigenvalue weighted by Crippen LogP contribution is 2.08. The monoisotopic (exact) mass is 238 g/mol. The molecule has 94 valence electrons. The van der Waals surface area contributed by atoms with Gasteiger partial charge in [0.15, 0.2) is 0 Å². The Morgan fingerprint density at radius 1 is 1.35 bits per heavy atom. The van der Waals surface area contributed by atoms with Crippen molar-refractivity contribution in [1.29, 1.82) is 0 Å². The van der Waals surface area contributed by atoms with Gasteiger partial charge in [0, 0.05) is 6.54 Å². The maximum absolute atomic E-state index is 10.3. The summed E-state index contributed by atoms with van der Waals surface area (Å²) in [4.78, 5) is 14.7. The van der Waals surface area contributed by atoms with Crippen molar-refractivity contribution in [2.75, 3.05) is 30.3 Å². The Labute approximate surface area is 101 Å². The summed E-state index contributed by atoms with van der Waals surface area (Å²) in [5, 5.41) is 6.22. The lowest BCUT2D eigenvalue weighted by Crippen LogP contribution is -2.18. The smallest absolute Gasteiger partial charge is 0.404 e. The topological polar surface area (TPSA) is 89.3 Å². The molecule has 0 spiro atoms. The summed E-state index contributed by atoms with van der Waals surface area (Å²) in [5.74, 6) is 1.56. The predicted molar refractivity (Wildman–Crippen MR) is 67.0 cm³/mol. The lowest BCUT2D eigenvalue weighted by atomic mass is 10.4. The summed E-state index contributed by atoms with van der Waals surface area (Å²) >= 11 is 0. The van der Waals surface area contributed by atoms with Crippen molar-refractivity contribution in [1.82, 2.24) is 4.98 Å². The number of hydrogen-bond acceptors (Lipinski definition) is 5. The van der Waals surface area contributed by atoms with Crippen LogP contribution in [0.5, 0.6) is 0 Å². The summed E-state index contributed by atoms with van der Waals surface area (Å²) in [7, 11) is 0. The second-order valence-electron chi connectivity index (χ2n) is 3.43. The zero-order valence-corrected chi connectivity index (χ0v) is 9.90. The highest BCUT2D eigenvalue weighted by atomic mass is 16.5. The van der Waals surface area contributed by atoms with Crippen LogP contribution in [-0.2, 0) is 4.74 Å². The fourth-order valence-corrected chi connectivity index (χ4v) is 1.22. The number of rotatable bonds is 7. The molecule has 4 N–H and O–H groups in total. The molecule has 0 aliphatic heterocycles. The molecule has 0 unspecified atom stereocenters. The van der Waals surface area contributed by atoms with Gasteiger partial charge in [0.2, 0.25) is 0 Å². The standard InChI is InChI=1S/C11H18N4O2/c1-2-6-13-9-4-3-5-10(15-9)14-7-8-17-11(12)16/h3-5H,2,6-8H2,1H3,(H2,12,16)(H2,13,14,15). The van der Waals surface area contributed by atoms with Crippen LogP contribution in [0.1, 0.15) is 13.3 Å². The summed E-state index contributed by atoms with van der Waals surface area (Å²) in [6.45, 7) is 3.69. The lowest BCUT2D eigenvalue weighted by Gasteiger charge is -2.08. The Morgan fingerprint density at radius 3 is 2.59 bits per heavy atom. The van der Waals surface area contributed by atoms with E-state index in [9.17, 15) is 4.79 Å². The van der Waals surface area contributed by atoms with Crippen LogP contribution in [-0.4, -0.2) is 30.8 Å². The highest BCUT2D eigenvalue weighted by Gasteiger charge is 1.97. The molecule has 0 saturated heterocycles. The third-order valence-corrected chi connectivity index (χ3v) is 1.96. The van der Waals surface area contributed by atoms with Gasteiger partial charge >= 0.3 is 6.09 Å². The number of nitrogens with zero attached hydrogens (tertiary/aromatic N) is 1. The molecule has 0 bridgehead atoms. The number of hydrogen-bond donors (Lipinski definition) is 3.